The Bertz CT molecular complexity index is 811. The van der Waals surface area contributed by atoms with E-state index in [1.165, 1.54) is 22.3 Å². The number of hydrogen-bond donors (Lipinski definition) is 0. The lowest BCUT2D eigenvalue weighted by molar-refractivity contribution is 0.232. The molecule has 2 heteroatoms. The minimum Gasteiger partial charge on any atom is -0.294 e. The van der Waals surface area contributed by atoms with Gasteiger partial charge in [-0.2, -0.15) is 0 Å². The lowest BCUT2D eigenvalue weighted by atomic mass is 9.84. The van der Waals surface area contributed by atoms with Crippen LogP contribution in [0.3, 0.4) is 0 Å². The summed E-state index contributed by atoms with van der Waals surface area (Å²) in [6, 6.07) is 27.9. The van der Waals surface area contributed by atoms with Gasteiger partial charge in [-0.05, 0) is 34.4 Å². The maximum Gasteiger partial charge on any atom is 0.0406 e. The van der Waals surface area contributed by atoms with E-state index >= 15 is 0 Å². The average molecular weight is 334 g/mol. The van der Waals surface area contributed by atoms with Crippen LogP contribution in [-0.2, 0) is 13.1 Å². The smallest absolute Gasteiger partial charge is 0.0406 e. The van der Waals surface area contributed by atoms with E-state index < -0.39 is 0 Å². The lowest BCUT2D eigenvalue weighted by Gasteiger charge is -2.35. The molecule has 0 aromatic heterocycles. The highest BCUT2D eigenvalue weighted by atomic mass is 35.5. The van der Waals surface area contributed by atoms with Gasteiger partial charge in [0.2, 0.25) is 0 Å². The molecule has 3 aromatic carbocycles. The molecule has 120 valence electrons. The summed E-state index contributed by atoms with van der Waals surface area (Å²) in [6.45, 7) is 3.03. The molecule has 0 saturated carbocycles. The van der Waals surface area contributed by atoms with Gasteiger partial charge in [0, 0.05) is 30.6 Å². The van der Waals surface area contributed by atoms with Crippen LogP contribution in [0.1, 0.15) is 28.2 Å². The van der Waals surface area contributed by atoms with E-state index in [4.69, 9.17) is 11.6 Å². The molecule has 0 N–H and O–H groups in total. The number of hydrogen-bond acceptors (Lipinski definition) is 1. The van der Waals surface area contributed by atoms with Gasteiger partial charge >= 0.3 is 0 Å². The van der Waals surface area contributed by atoms with Crippen LogP contribution in [0.25, 0.3) is 0 Å². The second kappa shape index (κ2) is 6.80. The SMILES string of the molecule is Clc1ccc(C2CN(Cc3ccccc3)Cc3ccccc32)cc1. The number of benzene rings is 3. The molecule has 0 aliphatic carbocycles. The molecule has 0 fully saturated rings. The first-order chi connectivity index (χ1) is 11.8. The van der Waals surface area contributed by atoms with Crippen molar-refractivity contribution >= 4 is 11.6 Å². The zero-order valence-corrected chi connectivity index (χ0v) is 14.3. The Morgan fingerprint density at radius 2 is 1.54 bits per heavy atom. The Morgan fingerprint density at radius 3 is 2.33 bits per heavy atom. The van der Waals surface area contributed by atoms with Gasteiger partial charge in [0.15, 0.2) is 0 Å². The third kappa shape index (κ3) is 3.24. The summed E-state index contributed by atoms with van der Waals surface area (Å²) < 4.78 is 0. The lowest BCUT2D eigenvalue weighted by Crippen LogP contribution is -2.33. The van der Waals surface area contributed by atoms with Crippen molar-refractivity contribution < 1.29 is 0 Å². The minimum atomic E-state index is 0.399. The van der Waals surface area contributed by atoms with Crippen molar-refractivity contribution in [1.29, 1.82) is 0 Å². The summed E-state index contributed by atoms with van der Waals surface area (Å²) in [4.78, 5) is 2.54. The number of halogens is 1. The first kappa shape index (κ1) is 15.4. The standard InChI is InChI=1S/C22H20ClN/c23-20-12-10-18(11-13-20)22-16-24(14-17-6-2-1-3-7-17)15-19-8-4-5-9-21(19)22/h1-13,22H,14-16H2. The summed E-state index contributed by atoms with van der Waals surface area (Å²) in [5, 5.41) is 0.795. The van der Waals surface area contributed by atoms with E-state index in [-0.39, 0.29) is 0 Å². The first-order valence-electron chi connectivity index (χ1n) is 8.39. The predicted molar refractivity (Wildman–Crippen MR) is 100 cm³/mol. The molecule has 0 radical (unpaired) electrons. The molecule has 24 heavy (non-hydrogen) atoms. The van der Waals surface area contributed by atoms with E-state index in [9.17, 15) is 0 Å². The summed E-state index contributed by atoms with van der Waals surface area (Å²) in [6.07, 6.45) is 0. The van der Waals surface area contributed by atoms with E-state index in [0.717, 1.165) is 24.7 Å². The maximum atomic E-state index is 6.08. The molecule has 1 aliphatic rings. The predicted octanol–water partition coefficient (Wildman–Crippen LogP) is 5.49. The summed E-state index contributed by atoms with van der Waals surface area (Å²) in [5.74, 6) is 0.399. The molecule has 0 saturated heterocycles. The third-order valence-electron chi connectivity index (χ3n) is 4.79. The van der Waals surface area contributed by atoms with Crippen molar-refractivity contribution in [1.82, 2.24) is 4.90 Å². The molecule has 1 heterocycles. The molecule has 0 amide bonds. The molecule has 1 aliphatic heterocycles. The van der Waals surface area contributed by atoms with Gasteiger partial charge in [0.25, 0.3) is 0 Å². The van der Waals surface area contributed by atoms with Crippen LogP contribution in [-0.4, -0.2) is 11.4 Å². The molecule has 0 spiro atoms. The van der Waals surface area contributed by atoms with Crippen molar-refractivity contribution in [2.24, 2.45) is 0 Å². The van der Waals surface area contributed by atoms with Gasteiger partial charge in [-0.15, -0.1) is 0 Å². The van der Waals surface area contributed by atoms with Crippen molar-refractivity contribution in [3.05, 3.63) is 106 Å². The van der Waals surface area contributed by atoms with Crippen molar-refractivity contribution in [2.45, 2.75) is 19.0 Å². The molecular weight excluding hydrogens is 314 g/mol. The molecule has 1 unspecified atom stereocenters. The van der Waals surface area contributed by atoms with Crippen LogP contribution in [0.5, 0.6) is 0 Å². The zero-order valence-electron chi connectivity index (χ0n) is 13.5. The zero-order chi connectivity index (χ0) is 16.4. The summed E-state index contributed by atoms with van der Waals surface area (Å²) in [7, 11) is 0. The Balaban J connectivity index is 1.66. The normalized spacial score (nSPS) is 17.5. The maximum absolute atomic E-state index is 6.08. The quantitative estimate of drug-likeness (QED) is 0.612. The van der Waals surface area contributed by atoms with Crippen LogP contribution in [0.4, 0.5) is 0 Å². The van der Waals surface area contributed by atoms with Crippen LogP contribution in [0.2, 0.25) is 5.02 Å². The highest BCUT2D eigenvalue weighted by molar-refractivity contribution is 6.30. The van der Waals surface area contributed by atoms with E-state index in [1.807, 2.05) is 12.1 Å². The second-order valence-corrected chi connectivity index (χ2v) is 6.89. The molecule has 1 atom stereocenters. The van der Waals surface area contributed by atoms with Crippen molar-refractivity contribution in [3.8, 4) is 0 Å². The Labute approximate surface area is 148 Å². The molecule has 1 nitrogen and oxygen atoms in total. The van der Waals surface area contributed by atoms with Gasteiger partial charge in [0.05, 0.1) is 0 Å². The topological polar surface area (TPSA) is 3.24 Å². The van der Waals surface area contributed by atoms with Crippen LogP contribution in [0.15, 0.2) is 78.9 Å². The fourth-order valence-electron chi connectivity index (χ4n) is 3.62. The van der Waals surface area contributed by atoms with Gasteiger partial charge in [-0.1, -0.05) is 78.3 Å². The Hall–Kier alpha value is -2.09. The molecule has 3 aromatic rings. The molecule has 0 bridgehead atoms. The van der Waals surface area contributed by atoms with E-state index in [1.54, 1.807) is 0 Å². The third-order valence-corrected chi connectivity index (χ3v) is 5.04. The van der Waals surface area contributed by atoms with Crippen LogP contribution in [0, 0.1) is 0 Å². The van der Waals surface area contributed by atoms with Crippen molar-refractivity contribution in [2.75, 3.05) is 6.54 Å². The second-order valence-electron chi connectivity index (χ2n) is 6.46. The minimum absolute atomic E-state index is 0.399. The highest BCUT2D eigenvalue weighted by Gasteiger charge is 2.26. The molecular formula is C22H20ClN. The Morgan fingerprint density at radius 1 is 0.833 bits per heavy atom. The van der Waals surface area contributed by atoms with E-state index in [2.05, 4.69) is 71.6 Å². The number of nitrogens with zero attached hydrogens (tertiary/aromatic N) is 1. The summed E-state index contributed by atoms with van der Waals surface area (Å²) in [5.41, 5.74) is 5.58. The number of rotatable bonds is 3. The van der Waals surface area contributed by atoms with Crippen LogP contribution >= 0.6 is 11.6 Å². The summed E-state index contributed by atoms with van der Waals surface area (Å²) >= 11 is 6.08. The van der Waals surface area contributed by atoms with E-state index in [0.29, 0.717) is 5.92 Å². The number of fused-ring (bicyclic) bond motifs is 1. The largest absolute Gasteiger partial charge is 0.294 e. The highest BCUT2D eigenvalue weighted by Crippen LogP contribution is 2.34. The van der Waals surface area contributed by atoms with Gasteiger partial charge < -0.3 is 0 Å². The fourth-order valence-corrected chi connectivity index (χ4v) is 3.75. The molecule has 4 rings (SSSR count). The monoisotopic (exact) mass is 333 g/mol. The van der Waals surface area contributed by atoms with Crippen molar-refractivity contribution in [3.63, 3.8) is 0 Å². The van der Waals surface area contributed by atoms with Gasteiger partial charge in [-0.25, -0.2) is 0 Å². The first-order valence-corrected chi connectivity index (χ1v) is 8.77. The fraction of sp³-hybridized carbons (Fsp3) is 0.182. The van der Waals surface area contributed by atoms with Gasteiger partial charge in [0.1, 0.15) is 0 Å². The van der Waals surface area contributed by atoms with Gasteiger partial charge in [-0.3, -0.25) is 4.90 Å². The Kier molecular flexibility index (Phi) is 4.38. The average Bonchev–Trinajstić information content (AvgIpc) is 2.63. The van der Waals surface area contributed by atoms with Crippen LogP contribution < -0.4 is 0 Å².